The molecular formula is C11H19N3O2. The maximum Gasteiger partial charge on any atom is 0.407 e. The number of aromatic nitrogens is 1. The first-order chi connectivity index (χ1) is 7.38. The Labute approximate surface area is 95.4 Å². The van der Waals surface area contributed by atoms with Gasteiger partial charge in [-0.15, -0.1) is 0 Å². The van der Waals surface area contributed by atoms with Crippen molar-refractivity contribution in [2.45, 2.75) is 32.4 Å². The van der Waals surface area contributed by atoms with Crippen molar-refractivity contribution in [1.82, 2.24) is 10.3 Å². The van der Waals surface area contributed by atoms with Crippen LogP contribution in [0.4, 0.5) is 4.79 Å². The van der Waals surface area contributed by atoms with Gasteiger partial charge in [-0.2, -0.15) is 0 Å². The summed E-state index contributed by atoms with van der Waals surface area (Å²) >= 11 is 0. The van der Waals surface area contributed by atoms with Crippen LogP contribution >= 0.6 is 0 Å². The van der Waals surface area contributed by atoms with E-state index in [0.29, 0.717) is 6.54 Å². The summed E-state index contributed by atoms with van der Waals surface area (Å²) < 4.78 is 5.09. The summed E-state index contributed by atoms with van der Waals surface area (Å²) in [6, 6.07) is 1.65. The normalized spacial score (nSPS) is 13.2. The first kappa shape index (κ1) is 12.6. The van der Waals surface area contributed by atoms with E-state index in [9.17, 15) is 4.79 Å². The Bertz CT molecular complexity index is 327. The molecule has 0 saturated heterocycles. The van der Waals surface area contributed by atoms with Crippen molar-refractivity contribution in [1.29, 1.82) is 0 Å². The molecular weight excluding hydrogens is 206 g/mol. The van der Waals surface area contributed by atoms with Gasteiger partial charge in [0.05, 0.1) is 0 Å². The maximum absolute atomic E-state index is 11.3. The molecule has 1 aromatic heterocycles. The van der Waals surface area contributed by atoms with Crippen molar-refractivity contribution < 1.29 is 9.53 Å². The lowest BCUT2D eigenvalue weighted by molar-refractivity contribution is 0.0524. The first-order valence-corrected chi connectivity index (χ1v) is 5.23. The fourth-order valence-corrected chi connectivity index (χ4v) is 1.19. The Morgan fingerprint density at radius 2 is 2.31 bits per heavy atom. The molecule has 1 heterocycles. The smallest absolute Gasteiger partial charge is 0.407 e. The van der Waals surface area contributed by atoms with Crippen LogP contribution in [-0.2, 0) is 4.74 Å². The highest BCUT2D eigenvalue weighted by Crippen LogP contribution is 2.09. The molecule has 0 spiro atoms. The molecule has 1 aromatic rings. The summed E-state index contributed by atoms with van der Waals surface area (Å²) in [6.07, 6.45) is 3.16. The van der Waals surface area contributed by atoms with Crippen LogP contribution in [0.2, 0.25) is 0 Å². The number of hydrogen-bond acceptors (Lipinski definition) is 3. The third-order valence-electron chi connectivity index (χ3n) is 1.92. The second kappa shape index (κ2) is 5.03. The predicted molar refractivity (Wildman–Crippen MR) is 62.0 cm³/mol. The van der Waals surface area contributed by atoms with Gasteiger partial charge in [0.1, 0.15) is 5.60 Å². The van der Waals surface area contributed by atoms with Crippen LogP contribution in [0.3, 0.4) is 0 Å². The van der Waals surface area contributed by atoms with Crippen molar-refractivity contribution in [3.8, 4) is 0 Å². The Kier molecular flexibility index (Phi) is 3.95. The summed E-state index contributed by atoms with van der Waals surface area (Å²) in [5.74, 6) is 0. The van der Waals surface area contributed by atoms with Gasteiger partial charge < -0.3 is 20.8 Å². The minimum absolute atomic E-state index is 0.223. The second-order valence-corrected chi connectivity index (χ2v) is 4.63. The number of hydrogen-bond donors (Lipinski definition) is 3. The van der Waals surface area contributed by atoms with E-state index in [0.717, 1.165) is 5.56 Å². The van der Waals surface area contributed by atoms with Gasteiger partial charge in [0.25, 0.3) is 0 Å². The number of carbonyl (C=O) groups excluding carboxylic acids is 1. The zero-order valence-corrected chi connectivity index (χ0v) is 9.91. The molecule has 5 nitrogen and oxygen atoms in total. The molecule has 0 saturated carbocycles. The van der Waals surface area contributed by atoms with Crippen molar-refractivity contribution in [3.63, 3.8) is 0 Å². The van der Waals surface area contributed by atoms with Crippen LogP contribution < -0.4 is 11.1 Å². The van der Waals surface area contributed by atoms with Crippen molar-refractivity contribution in [2.75, 3.05) is 6.54 Å². The molecule has 4 N–H and O–H groups in total. The monoisotopic (exact) mass is 225 g/mol. The van der Waals surface area contributed by atoms with Gasteiger partial charge in [-0.3, -0.25) is 0 Å². The fraction of sp³-hybridized carbons (Fsp3) is 0.545. The van der Waals surface area contributed by atoms with Crippen LogP contribution in [0.5, 0.6) is 0 Å². The average Bonchev–Trinajstić information content (AvgIpc) is 2.64. The molecule has 1 unspecified atom stereocenters. The highest BCUT2D eigenvalue weighted by atomic mass is 16.6. The summed E-state index contributed by atoms with van der Waals surface area (Å²) in [7, 11) is 0. The van der Waals surface area contributed by atoms with Gasteiger partial charge in [0, 0.05) is 25.0 Å². The molecule has 0 fully saturated rings. The van der Waals surface area contributed by atoms with Gasteiger partial charge in [-0.25, -0.2) is 4.79 Å². The number of H-pyrrole nitrogens is 1. The molecule has 1 rings (SSSR count). The molecule has 16 heavy (non-hydrogen) atoms. The van der Waals surface area contributed by atoms with Crippen LogP contribution in [-0.4, -0.2) is 23.2 Å². The van der Waals surface area contributed by atoms with Crippen molar-refractivity contribution in [2.24, 2.45) is 5.73 Å². The van der Waals surface area contributed by atoms with E-state index in [1.165, 1.54) is 0 Å². The number of nitrogens with two attached hydrogens (primary N) is 1. The third kappa shape index (κ3) is 4.35. The lowest BCUT2D eigenvalue weighted by atomic mass is 10.2. The standard InChI is InChI=1S/C11H19N3O2/c1-11(2,3)16-10(15)14-7-9(12)8-4-5-13-6-8/h4-6,9,13H,7,12H2,1-3H3,(H,14,15). The van der Waals surface area contributed by atoms with Crippen molar-refractivity contribution >= 4 is 6.09 Å². The minimum Gasteiger partial charge on any atom is -0.444 e. The summed E-state index contributed by atoms with van der Waals surface area (Å²) in [4.78, 5) is 14.2. The SMILES string of the molecule is CC(C)(C)OC(=O)NCC(N)c1cc[nH]c1. The van der Waals surface area contributed by atoms with E-state index in [4.69, 9.17) is 10.5 Å². The van der Waals surface area contributed by atoms with Gasteiger partial charge in [0.15, 0.2) is 0 Å². The lowest BCUT2D eigenvalue weighted by Gasteiger charge is -2.20. The van der Waals surface area contributed by atoms with E-state index in [-0.39, 0.29) is 6.04 Å². The molecule has 90 valence electrons. The quantitative estimate of drug-likeness (QED) is 0.730. The largest absolute Gasteiger partial charge is 0.444 e. The van der Waals surface area contributed by atoms with Crippen LogP contribution in [0.15, 0.2) is 18.5 Å². The minimum atomic E-state index is -0.484. The van der Waals surface area contributed by atoms with E-state index in [1.807, 2.05) is 26.8 Å². The number of ether oxygens (including phenoxy) is 1. The van der Waals surface area contributed by atoms with Gasteiger partial charge in [-0.05, 0) is 32.4 Å². The van der Waals surface area contributed by atoms with Gasteiger partial charge in [-0.1, -0.05) is 0 Å². The Hall–Kier alpha value is -1.49. The van der Waals surface area contributed by atoms with Crippen molar-refractivity contribution in [3.05, 3.63) is 24.0 Å². The molecule has 0 aliphatic heterocycles. The number of rotatable bonds is 3. The number of aromatic amines is 1. The number of carbonyl (C=O) groups is 1. The molecule has 0 bridgehead atoms. The molecule has 0 aliphatic rings. The lowest BCUT2D eigenvalue weighted by Crippen LogP contribution is -2.36. The van der Waals surface area contributed by atoms with Gasteiger partial charge >= 0.3 is 6.09 Å². The molecule has 0 aromatic carbocycles. The maximum atomic E-state index is 11.3. The predicted octanol–water partition coefficient (Wildman–Crippen LogP) is 1.54. The number of amides is 1. The zero-order valence-electron chi connectivity index (χ0n) is 9.91. The number of nitrogens with one attached hydrogen (secondary N) is 2. The Morgan fingerprint density at radius 3 is 2.81 bits per heavy atom. The zero-order chi connectivity index (χ0) is 12.2. The van der Waals surface area contributed by atoms with E-state index in [1.54, 1.807) is 12.4 Å². The molecule has 1 amide bonds. The van der Waals surface area contributed by atoms with Crippen LogP contribution in [0, 0.1) is 0 Å². The Balaban J connectivity index is 2.32. The molecule has 5 heteroatoms. The second-order valence-electron chi connectivity index (χ2n) is 4.63. The molecule has 0 radical (unpaired) electrons. The highest BCUT2D eigenvalue weighted by Gasteiger charge is 2.16. The summed E-state index contributed by atoms with van der Waals surface area (Å²) in [6.45, 7) is 5.81. The third-order valence-corrected chi connectivity index (χ3v) is 1.92. The van der Waals surface area contributed by atoms with E-state index < -0.39 is 11.7 Å². The van der Waals surface area contributed by atoms with E-state index >= 15 is 0 Å². The van der Waals surface area contributed by atoms with Crippen LogP contribution in [0.1, 0.15) is 32.4 Å². The Morgan fingerprint density at radius 1 is 1.62 bits per heavy atom. The van der Waals surface area contributed by atoms with Crippen LogP contribution in [0.25, 0.3) is 0 Å². The summed E-state index contributed by atoms with van der Waals surface area (Å²) in [5, 5.41) is 2.63. The van der Waals surface area contributed by atoms with Gasteiger partial charge in [0.2, 0.25) is 0 Å². The highest BCUT2D eigenvalue weighted by molar-refractivity contribution is 5.67. The fourth-order valence-electron chi connectivity index (χ4n) is 1.19. The molecule has 1 atom stereocenters. The number of alkyl carbamates (subject to hydrolysis) is 1. The summed E-state index contributed by atoms with van der Waals surface area (Å²) in [5.41, 5.74) is 6.33. The molecule has 0 aliphatic carbocycles. The van der Waals surface area contributed by atoms with E-state index in [2.05, 4.69) is 10.3 Å². The average molecular weight is 225 g/mol. The first-order valence-electron chi connectivity index (χ1n) is 5.23. The topological polar surface area (TPSA) is 80.1 Å².